The Morgan fingerprint density at radius 1 is 1.32 bits per heavy atom. The minimum atomic E-state index is 0.160. The van der Waals surface area contributed by atoms with E-state index in [0.717, 1.165) is 19.6 Å². The Balaban J connectivity index is 2.48. The molecule has 1 aliphatic rings. The second-order valence-corrected chi connectivity index (χ2v) is 8.54. The molecule has 3 nitrogen and oxygen atoms in total. The first kappa shape index (κ1) is 16.8. The Morgan fingerprint density at radius 2 is 1.89 bits per heavy atom. The predicted octanol–water partition coefficient (Wildman–Crippen LogP) is 2.75. The second-order valence-electron chi connectivity index (χ2n) is 6.73. The molecule has 1 heterocycles. The van der Waals surface area contributed by atoms with Crippen LogP contribution in [0.1, 0.15) is 47.5 Å². The summed E-state index contributed by atoms with van der Waals surface area (Å²) in [5.74, 6) is 1.58. The van der Waals surface area contributed by atoms with Crippen molar-refractivity contribution in [3.05, 3.63) is 0 Å². The number of nitrogens with zero attached hydrogens (tertiary/aromatic N) is 1. The summed E-state index contributed by atoms with van der Waals surface area (Å²) in [7, 11) is 0. The highest BCUT2D eigenvalue weighted by Gasteiger charge is 2.24. The highest BCUT2D eigenvalue weighted by Crippen LogP contribution is 2.24. The Morgan fingerprint density at radius 3 is 2.37 bits per heavy atom. The topological polar surface area (TPSA) is 32.3 Å². The SMILES string of the molecule is CC(C)N(CC1CCNCC1)C(=O)CSC(C)(C)C. The van der Waals surface area contributed by atoms with Gasteiger partial charge in [-0.3, -0.25) is 4.79 Å². The number of amides is 1. The minimum Gasteiger partial charge on any atom is -0.339 e. The van der Waals surface area contributed by atoms with Gasteiger partial charge in [0.05, 0.1) is 5.75 Å². The van der Waals surface area contributed by atoms with Crippen LogP contribution in [0.5, 0.6) is 0 Å². The molecular formula is C15H30N2OS. The van der Waals surface area contributed by atoms with E-state index in [-0.39, 0.29) is 4.75 Å². The first-order valence-corrected chi connectivity index (χ1v) is 8.42. The van der Waals surface area contributed by atoms with Crippen molar-refractivity contribution in [3.63, 3.8) is 0 Å². The number of thioether (sulfide) groups is 1. The second kappa shape index (κ2) is 7.53. The zero-order valence-electron chi connectivity index (χ0n) is 13.2. The first-order chi connectivity index (χ1) is 8.79. The number of nitrogens with one attached hydrogen (secondary N) is 1. The van der Waals surface area contributed by atoms with E-state index in [9.17, 15) is 4.79 Å². The Labute approximate surface area is 122 Å². The number of piperidine rings is 1. The van der Waals surface area contributed by atoms with Crippen molar-refractivity contribution in [1.82, 2.24) is 10.2 Å². The summed E-state index contributed by atoms with van der Waals surface area (Å²) in [5, 5.41) is 3.38. The molecule has 0 atom stereocenters. The predicted molar refractivity (Wildman–Crippen MR) is 84.7 cm³/mol. The fourth-order valence-corrected chi connectivity index (χ4v) is 3.03. The lowest BCUT2D eigenvalue weighted by Crippen LogP contribution is -2.44. The van der Waals surface area contributed by atoms with Crippen LogP contribution in [0, 0.1) is 5.92 Å². The quantitative estimate of drug-likeness (QED) is 0.843. The van der Waals surface area contributed by atoms with Crippen LogP contribution >= 0.6 is 11.8 Å². The zero-order valence-corrected chi connectivity index (χ0v) is 14.0. The van der Waals surface area contributed by atoms with Crippen molar-refractivity contribution in [2.24, 2.45) is 5.92 Å². The molecule has 1 N–H and O–H groups in total. The lowest BCUT2D eigenvalue weighted by Gasteiger charge is -2.33. The van der Waals surface area contributed by atoms with Crippen molar-refractivity contribution < 1.29 is 4.79 Å². The van der Waals surface area contributed by atoms with Crippen LogP contribution in [0.25, 0.3) is 0 Å². The summed E-state index contributed by atoms with van der Waals surface area (Å²) in [4.78, 5) is 14.5. The fraction of sp³-hybridized carbons (Fsp3) is 0.933. The molecule has 1 saturated heterocycles. The van der Waals surface area contributed by atoms with E-state index in [1.54, 1.807) is 11.8 Å². The molecule has 19 heavy (non-hydrogen) atoms. The summed E-state index contributed by atoms with van der Waals surface area (Å²) in [5.41, 5.74) is 0. The highest BCUT2D eigenvalue weighted by molar-refractivity contribution is 8.01. The van der Waals surface area contributed by atoms with Crippen molar-refractivity contribution in [3.8, 4) is 0 Å². The van der Waals surface area contributed by atoms with Gasteiger partial charge in [-0.25, -0.2) is 0 Å². The van der Waals surface area contributed by atoms with Gasteiger partial charge < -0.3 is 10.2 Å². The van der Waals surface area contributed by atoms with Crippen LogP contribution in [0.15, 0.2) is 0 Å². The third-order valence-corrected chi connectivity index (χ3v) is 4.74. The van der Waals surface area contributed by atoms with Crippen LogP contribution in [0.3, 0.4) is 0 Å². The Hall–Kier alpha value is -0.220. The largest absolute Gasteiger partial charge is 0.339 e. The Bertz CT molecular complexity index is 280. The van der Waals surface area contributed by atoms with Crippen LogP contribution in [0.4, 0.5) is 0 Å². The van der Waals surface area contributed by atoms with Gasteiger partial charge in [-0.2, -0.15) is 0 Å². The van der Waals surface area contributed by atoms with Gasteiger partial charge in [-0.05, 0) is 45.7 Å². The molecule has 1 rings (SSSR count). The normalized spacial score (nSPS) is 17.8. The van der Waals surface area contributed by atoms with Gasteiger partial charge in [0, 0.05) is 17.3 Å². The zero-order chi connectivity index (χ0) is 14.5. The smallest absolute Gasteiger partial charge is 0.232 e. The highest BCUT2D eigenvalue weighted by atomic mass is 32.2. The summed E-state index contributed by atoms with van der Waals surface area (Å²) >= 11 is 1.75. The Kier molecular flexibility index (Phi) is 6.67. The molecule has 0 aromatic heterocycles. The van der Waals surface area contributed by atoms with Gasteiger partial charge in [0.2, 0.25) is 5.91 Å². The molecule has 0 saturated carbocycles. The van der Waals surface area contributed by atoms with Crippen molar-refractivity contribution in [1.29, 1.82) is 0 Å². The molecule has 1 aliphatic heterocycles. The van der Waals surface area contributed by atoms with E-state index in [1.807, 2.05) is 0 Å². The van der Waals surface area contributed by atoms with Crippen LogP contribution in [-0.4, -0.2) is 47.0 Å². The van der Waals surface area contributed by atoms with Gasteiger partial charge in [-0.1, -0.05) is 20.8 Å². The van der Waals surface area contributed by atoms with Gasteiger partial charge in [0.25, 0.3) is 0 Å². The molecule has 0 aromatic rings. The maximum Gasteiger partial charge on any atom is 0.232 e. The lowest BCUT2D eigenvalue weighted by molar-refractivity contribution is -0.130. The van der Waals surface area contributed by atoms with Gasteiger partial charge in [0.15, 0.2) is 0 Å². The number of carbonyl (C=O) groups excluding carboxylic acids is 1. The number of hydrogen-bond acceptors (Lipinski definition) is 3. The van der Waals surface area contributed by atoms with E-state index >= 15 is 0 Å². The molecule has 0 aromatic carbocycles. The van der Waals surface area contributed by atoms with E-state index < -0.39 is 0 Å². The number of rotatable bonds is 5. The van der Waals surface area contributed by atoms with E-state index in [0.29, 0.717) is 23.6 Å². The molecule has 0 bridgehead atoms. The molecule has 1 amide bonds. The standard InChI is InChI=1S/C15H30N2OS/c1-12(2)17(10-13-6-8-16-9-7-13)14(18)11-19-15(3,4)5/h12-13,16H,6-11H2,1-5H3. The first-order valence-electron chi connectivity index (χ1n) is 7.44. The molecule has 0 aliphatic carbocycles. The molecule has 4 heteroatoms. The average Bonchev–Trinajstić information content (AvgIpc) is 2.33. The van der Waals surface area contributed by atoms with E-state index in [1.165, 1.54) is 12.8 Å². The molecule has 0 unspecified atom stereocenters. The van der Waals surface area contributed by atoms with Gasteiger partial charge in [0.1, 0.15) is 0 Å². The van der Waals surface area contributed by atoms with Crippen molar-refractivity contribution in [2.45, 2.75) is 58.2 Å². The third-order valence-electron chi connectivity index (χ3n) is 3.49. The maximum absolute atomic E-state index is 12.4. The van der Waals surface area contributed by atoms with E-state index in [4.69, 9.17) is 0 Å². The third kappa shape index (κ3) is 6.66. The molecule has 1 fully saturated rings. The average molecular weight is 286 g/mol. The molecular weight excluding hydrogens is 256 g/mol. The fourth-order valence-electron chi connectivity index (χ4n) is 2.30. The van der Waals surface area contributed by atoms with Gasteiger partial charge >= 0.3 is 0 Å². The molecule has 112 valence electrons. The minimum absolute atomic E-state index is 0.160. The van der Waals surface area contributed by atoms with Crippen molar-refractivity contribution >= 4 is 17.7 Å². The van der Waals surface area contributed by atoms with Crippen molar-refractivity contribution in [2.75, 3.05) is 25.4 Å². The monoisotopic (exact) mass is 286 g/mol. The summed E-state index contributed by atoms with van der Waals surface area (Å²) in [6.45, 7) is 13.9. The summed E-state index contributed by atoms with van der Waals surface area (Å²) in [6.07, 6.45) is 2.39. The summed E-state index contributed by atoms with van der Waals surface area (Å²) < 4.78 is 0.160. The van der Waals surface area contributed by atoms with Gasteiger partial charge in [-0.15, -0.1) is 11.8 Å². The van der Waals surface area contributed by atoms with Crippen LogP contribution in [-0.2, 0) is 4.79 Å². The maximum atomic E-state index is 12.4. The number of carbonyl (C=O) groups is 1. The lowest BCUT2D eigenvalue weighted by atomic mass is 9.97. The summed E-state index contributed by atoms with van der Waals surface area (Å²) in [6, 6.07) is 0.308. The van der Waals surface area contributed by atoms with Crippen LogP contribution in [0.2, 0.25) is 0 Å². The van der Waals surface area contributed by atoms with Crippen LogP contribution < -0.4 is 5.32 Å². The number of hydrogen-bond donors (Lipinski definition) is 1. The molecule has 0 radical (unpaired) electrons. The van der Waals surface area contributed by atoms with E-state index in [2.05, 4.69) is 44.8 Å². The molecule has 0 spiro atoms.